The molecule has 1 unspecified atom stereocenters. The van der Waals surface area contributed by atoms with Gasteiger partial charge in [-0.15, -0.1) is 0 Å². The normalized spacial score (nSPS) is 22.6. The van der Waals surface area contributed by atoms with Crippen molar-refractivity contribution in [2.24, 2.45) is 0 Å². The number of likely N-dealkylation sites (tertiary alicyclic amines) is 1. The zero-order chi connectivity index (χ0) is 21.1. The Morgan fingerprint density at radius 3 is 2.80 bits per heavy atom. The average molecular weight is 429 g/mol. The van der Waals surface area contributed by atoms with E-state index < -0.39 is 6.10 Å². The molecule has 1 fully saturated rings. The molecule has 5 nitrogen and oxygen atoms in total. The molecule has 160 valence electrons. The number of aryl methyl sites for hydroxylation is 1. The third-order valence-corrected chi connectivity index (χ3v) is 6.39. The molecular formula is C24H29ClN2O3. The number of aliphatic hydroxyl groups is 1. The Balaban J connectivity index is 1.53. The number of aliphatic hydroxyl groups excluding tert-OH is 1. The lowest BCUT2D eigenvalue weighted by atomic mass is 10.0. The second-order valence-electron chi connectivity index (χ2n) is 8.33. The van der Waals surface area contributed by atoms with Gasteiger partial charge in [0.2, 0.25) is 0 Å². The van der Waals surface area contributed by atoms with E-state index in [1.807, 2.05) is 48.3 Å². The molecule has 0 saturated carbocycles. The molecule has 0 aliphatic carbocycles. The Morgan fingerprint density at radius 1 is 1.27 bits per heavy atom. The molecule has 0 aromatic heterocycles. The molecule has 0 bridgehead atoms. The van der Waals surface area contributed by atoms with Gasteiger partial charge in [-0.05, 0) is 55.0 Å². The molecule has 0 spiro atoms. The van der Waals surface area contributed by atoms with Gasteiger partial charge < -0.3 is 14.7 Å². The summed E-state index contributed by atoms with van der Waals surface area (Å²) in [6.45, 7) is 2.20. The van der Waals surface area contributed by atoms with Crippen LogP contribution in [0.4, 0.5) is 0 Å². The van der Waals surface area contributed by atoms with E-state index in [1.165, 1.54) is 0 Å². The summed E-state index contributed by atoms with van der Waals surface area (Å²) in [6, 6.07) is 15.6. The van der Waals surface area contributed by atoms with Crippen molar-refractivity contribution in [1.29, 1.82) is 0 Å². The number of rotatable bonds is 5. The summed E-state index contributed by atoms with van der Waals surface area (Å²) in [4.78, 5) is 17.5. The zero-order valence-corrected chi connectivity index (χ0v) is 18.1. The van der Waals surface area contributed by atoms with Crippen molar-refractivity contribution in [3.05, 3.63) is 64.7 Å². The van der Waals surface area contributed by atoms with Crippen LogP contribution < -0.4 is 4.74 Å². The zero-order valence-electron chi connectivity index (χ0n) is 17.3. The Morgan fingerprint density at radius 2 is 2.07 bits per heavy atom. The smallest absolute Gasteiger partial charge is 0.263 e. The van der Waals surface area contributed by atoms with Crippen LogP contribution in [0.2, 0.25) is 5.02 Å². The van der Waals surface area contributed by atoms with Gasteiger partial charge in [0.25, 0.3) is 5.91 Å². The molecule has 6 heteroatoms. The largest absolute Gasteiger partial charge is 0.480 e. The van der Waals surface area contributed by atoms with E-state index in [-0.39, 0.29) is 18.1 Å². The summed E-state index contributed by atoms with van der Waals surface area (Å²) >= 11 is 6.13. The van der Waals surface area contributed by atoms with Crippen molar-refractivity contribution < 1.29 is 14.6 Å². The number of hydrogen-bond acceptors (Lipinski definition) is 4. The summed E-state index contributed by atoms with van der Waals surface area (Å²) in [6.07, 6.45) is 2.41. The van der Waals surface area contributed by atoms with E-state index in [4.69, 9.17) is 16.3 Å². The van der Waals surface area contributed by atoms with Crippen LogP contribution in [0.1, 0.15) is 36.4 Å². The Bertz CT molecular complexity index is 876. The fraction of sp³-hybridized carbons (Fsp3) is 0.458. The van der Waals surface area contributed by atoms with Crippen molar-refractivity contribution in [1.82, 2.24) is 9.80 Å². The molecule has 3 atom stereocenters. The molecular weight excluding hydrogens is 400 g/mol. The minimum absolute atomic E-state index is 0.00796. The molecule has 0 radical (unpaired) electrons. The van der Waals surface area contributed by atoms with Gasteiger partial charge in [-0.3, -0.25) is 9.69 Å². The first-order chi connectivity index (χ1) is 14.5. The van der Waals surface area contributed by atoms with Gasteiger partial charge in [0.1, 0.15) is 5.75 Å². The number of carbonyl (C=O) groups is 1. The third-order valence-electron chi connectivity index (χ3n) is 6.16. The monoisotopic (exact) mass is 428 g/mol. The number of ether oxygens (including phenoxy) is 1. The highest BCUT2D eigenvalue weighted by Crippen LogP contribution is 2.31. The summed E-state index contributed by atoms with van der Waals surface area (Å²) < 4.78 is 6.16. The van der Waals surface area contributed by atoms with E-state index in [0.29, 0.717) is 24.5 Å². The summed E-state index contributed by atoms with van der Waals surface area (Å²) in [5.41, 5.74) is 2.15. The number of hydrogen-bond donors (Lipinski definition) is 1. The SMILES string of the molecule is CN(C(=O)[C@H]1CCCc2cc(Cl)ccc2O1)C(CN1CC[C@H](O)C1)c1ccccc1. The summed E-state index contributed by atoms with van der Waals surface area (Å²) in [7, 11) is 1.86. The van der Waals surface area contributed by atoms with Crippen LogP contribution in [0.15, 0.2) is 48.5 Å². The van der Waals surface area contributed by atoms with Crippen LogP contribution in [0.3, 0.4) is 0 Å². The van der Waals surface area contributed by atoms with Gasteiger partial charge in [-0.25, -0.2) is 0 Å². The Labute approximate surface area is 183 Å². The second kappa shape index (κ2) is 9.38. The van der Waals surface area contributed by atoms with E-state index in [0.717, 1.165) is 42.7 Å². The van der Waals surface area contributed by atoms with E-state index in [1.54, 1.807) is 0 Å². The highest BCUT2D eigenvalue weighted by molar-refractivity contribution is 6.30. The minimum Gasteiger partial charge on any atom is -0.480 e. The Hall–Kier alpha value is -2.08. The molecule has 1 saturated heterocycles. The highest BCUT2D eigenvalue weighted by Gasteiger charge is 2.33. The van der Waals surface area contributed by atoms with Gasteiger partial charge in [0.05, 0.1) is 12.1 Å². The van der Waals surface area contributed by atoms with Crippen LogP contribution in [-0.2, 0) is 11.2 Å². The predicted molar refractivity (Wildman–Crippen MR) is 118 cm³/mol. The van der Waals surface area contributed by atoms with Gasteiger partial charge >= 0.3 is 0 Å². The van der Waals surface area contributed by atoms with Crippen molar-refractivity contribution >= 4 is 17.5 Å². The van der Waals surface area contributed by atoms with Crippen molar-refractivity contribution in [2.75, 3.05) is 26.7 Å². The maximum atomic E-state index is 13.5. The number of fused-ring (bicyclic) bond motifs is 1. The van der Waals surface area contributed by atoms with E-state index >= 15 is 0 Å². The summed E-state index contributed by atoms with van der Waals surface area (Å²) in [5.74, 6) is 0.744. The topological polar surface area (TPSA) is 53.0 Å². The molecule has 30 heavy (non-hydrogen) atoms. The highest BCUT2D eigenvalue weighted by atomic mass is 35.5. The van der Waals surface area contributed by atoms with Crippen LogP contribution in [-0.4, -0.2) is 59.7 Å². The van der Waals surface area contributed by atoms with E-state index in [9.17, 15) is 9.90 Å². The molecule has 2 aromatic rings. The van der Waals surface area contributed by atoms with Gasteiger partial charge in [-0.2, -0.15) is 0 Å². The molecule has 2 aliphatic rings. The fourth-order valence-corrected chi connectivity index (χ4v) is 4.65. The van der Waals surface area contributed by atoms with Gasteiger partial charge in [0, 0.05) is 31.7 Å². The number of β-amino-alcohol motifs (C(OH)–C–C–N with tert-alkyl or cyclic N) is 1. The first kappa shape index (κ1) is 21.2. The number of nitrogens with zero attached hydrogens (tertiary/aromatic N) is 2. The van der Waals surface area contributed by atoms with Crippen LogP contribution in [0, 0.1) is 0 Å². The average Bonchev–Trinajstić information content (AvgIpc) is 3.05. The maximum Gasteiger partial charge on any atom is 0.263 e. The number of halogens is 1. The predicted octanol–water partition coefficient (Wildman–Crippen LogP) is 3.69. The van der Waals surface area contributed by atoms with Crippen molar-refractivity contribution in [3.8, 4) is 5.75 Å². The van der Waals surface area contributed by atoms with Crippen LogP contribution in [0.5, 0.6) is 5.75 Å². The summed E-state index contributed by atoms with van der Waals surface area (Å²) in [5, 5.41) is 10.6. The number of amides is 1. The molecule has 2 heterocycles. The molecule has 2 aliphatic heterocycles. The number of benzene rings is 2. The molecule has 1 N–H and O–H groups in total. The Kier molecular flexibility index (Phi) is 6.61. The van der Waals surface area contributed by atoms with Gasteiger partial charge in [-0.1, -0.05) is 41.9 Å². The lowest BCUT2D eigenvalue weighted by Gasteiger charge is -2.34. The van der Waals surface area contributed by atoms with Crippen molar-refractivity contribution in [2.45, 2.75) is 43.9 Å². The lowest BCUT2D eigenvalue weighted by Crippen LogP contribution is -2.45. The first-order valence-electron chi connectivity index (χ1n) is 10.7. The van der Waals surface area contributed by atoms with Gasteiger partial charge in [0.15, 0.2) is 6.10 Å². The van der Waals surface area contributed by atoms with Crippen LogP contribution >= 0.6 is 11.6 Å². The standard InChI is InChI=1S/C24H29ClN2O3/c1-26(21(17-6-3-2-4-7-17)16-27-13-12-20(28)15-27)24(29)23-9-5-8-18-14-19(25)10-11-22(18)30-23/h2-4,6-7,10-11,14,20-21,23,28H,5,8-9,12-13,15-16H2,1H3/t20-,21?,23+/m0/s1. The lowest BCUT2D eigenvalue weighted by molar-refractivity contribution is -0.140. The quantitative estimate of drug-likeness (QED) is 0.789. The molecule has 1 amide bonds. The van der Waals surface area contributed by atoms with Crippen molar-refractivity contribution in [3.63, 3.8) is 0 Å². The maximum absolute atomic E-state index is 13.5. The molecule has 2 aromatic carbocycles. The molecule has 4 rings (SSSR count). The number of likely N-dealkylation sites (N-methyl/N-ethyl adjacent to an activating group) is 1. The number of carbonyl (C=O) groups excluding carboxylic acids is 1. The first-order valence-corrected chi connectivity index (χ1v) is 11.1. The third kappa shape index (κ3) is 4.80. The minimum atomic E-state index is -0.507. The van der Waals surface area contributed by atoms with E-state index in [2.05, 4.69) is 17.0 Å². The second-order valence-corrected chi connectivity index (χ2v) is 8.76. The van der Waals surface area contributed by atoms with Crippen LogP contribution in [0.25, 0.3) is 0 Å². The fourth-order valence-electron chi connectivity index (χ4n) is 4.45.